The van der Waals surface area contributed by atoms with Gasteiger partial charge in [-0.25, -0.2) is 9.97 Å². The lowest BCUT2D eigenvalue weighted by atomic mass is 9.51. The highest BCUT2D eigenvalue weighted by molar-refractivity contribution is 5.55. The van der Waals surface area contributed by atoms with Crippen molar-refractivity contribution in [1.82, 2.24) is 9.97 Å². The van der Waals surface area contributed by atoms with Crippen LogP contribution >= 0.6 is 0 Å². The molecule has 3 saturated carbocycles. The lowest BCUT2D eigenvalue weighted by Crippen LogP contribution is -2.44. The van der Waals surface area contributed by atoms with Crippen LogP contribution in [0.5, 0.6) is 0 Å². The van der Waals surface area contributed by atoms with Gasteiger partial charge in [-0.2, -0.15) is 0 Å². The van der Waals surface area contributed by atoms with Gasteiger partial charge in [0, 0.05) is 18.0 Å². The molecule has 0 atom stereocenters. The van der Waals surface area contributed by atoms with Gasteiger partial charge >= 0.3 is 0 Å². The van der Waals surface area contributed by atoms with Crippen molar-refractivity contribution in [2.75, 3.05) is 0 Å². The monoisotopic (exact) mass is 306 g/mol. The summed E-state index contributed by atoms with van der Waals surface area (Å²) in [7, 11) is 0. The molecule has 3 fully saturated rings. The molecule has 0 unspecified atom stereocenters. The summed E-state index contributed by atoms with van der Waals surface area (Å²) in [6.45, 7) is 2.34. The van der Waals surface area contributed by atoms with Crippen LogP contribution in [0.4, 0.5) is 0 Å². The van der Waals surface area contributed by atoms with Crippen LogP contribution in [0, 0.1) is 5.41 Å². The van der Waals surface area contributed by atoms with Gasteiger partial charge in [-0.1, -0.05) is 37.6 Å². The Morgan fingerprint density at radius 3 is 2.04 bits per heavy atom. The van der Waals surface area contributed by atoms with E-state index in [0.29, 0.717) is 10.8 Å². The van der Waals surface area contributed by atoms with Gasteiger partial charge in [0.05, 0.1) is 0 Å². The Bertz CT molecular complexity index is 635. The Hall–Kier alpha value is -1.70. The highest BCUT2D eigenvalue weighted by atomic mass is 14.8. The second-order valence-electron chi connectivity index (χ2n) is 7.68. The van der Waals surface area contributed by atoms with E-state index >= 15 is 0 Å². The minimum Gasteiger partial charge on any atom is -0.237 e. The van der Waals surface area contributed by atoms with E-state index in [1.807, 2.05) is 18.5 Å². The van der Waals surface area contributed by atoms with Crippen molar-refractivity contribution in [3.63, 3.8) is 0 Å². The third-order valence-corrected chi connectivity index (χ3v) is 6.50. The van der Waals surface area contributed by atoms with E-state index in [-0.39, 0.29) is 0 Å². The molecule has 3 aliphatic carbocycles. The number of benzene rings is 1. The summed E-state index contributed by atoms with van der Waals surface area (Å²) >= 11 is 0. The minimum absolute atomic E-state index is 0.450. The Morgan fingerprint density at radius 2 is 1.48 bits per heavy atom. The number of fused-ring (bicyclic) bond motifs is 3. The van der Waals surface area contributed by atoms with Crippen LogP contribution in [-0.2, 0) is 5.41 Å². The predicted octanol–water partition coefficient (Wildman–Crippen LogP) is 5.54. The number of rotatable bonds is 4. The molecule has 0 aliphatic heterocycles. The van der Waals surface area contributed by atoms with Gasteiger partial charge in [0.15, 0.2) is 5.82 Å². The van der Waals surface area contributed by atoms with E-state index in [4.69, 9.17) is 0 Å². The van der Waals surface area contributed by atoms with Crippen LogP contribution in [0.3, 0.4) is 0 Å². The van der Waals surface area contributed by atoms with Crippen molar-refractivity contribution in [2.24, 2.45) is 5.41 Å². The molecule has 2 nitrogen and oxygen atoms in total. The van der Waals surface area contributed by atoms with Crippen molar-refractivity contribution in [3.8, 4) is 11.4 Å². The van der Waals surface area contributed by atoms with Crippen molar-refractivity contribution in [1.29, 1.82) is 0 Å². The molecule has 5 rings (SSSR count). The van der Waals surface area contributed by atoms with Crippen LogP contribution in [0.2, 0.25) is 0 Å². The van der Waals surface area contributed by atoms with Crippen molar-refractivity contribution < 1.29 is 0 Å². The number of hydrogen-bond acceptors (Lipinski definition) is 2. The molecular weight excluding hydrogens is 280 g/mol. The lowest BCUT2D eigenvalue weighted by molar-refractivity contribution is 0.0320. The summed E-state index contributed by atoms with van der Waals surface area (Å²) in [5.41, 5.74) is 3.81. The molecule has 0 amide bonds. The Balaban J connectivity index is 1.56. The van der Waals surface area contributed by atoms with Gasteiger partial charge in [-0.15, -0.1) is 0 Å². The molecule has 120 valence electrons. The summed E-state index contributed by atoms with van der Waals surface area (Å²) in [6.07, 6.45) is 14.9. The first-order valence-electron chi connectivity index (χ1n) is 9.13. The molecule has 0 spiro atoms. The van der Waals surface area contributed by atoms with Crippen LogP contribution in [0.15, 0.2) is 42.7 Å². The Morgan fingerprint density at radius 1 is 0.870 bits per heavy atom. The molecule has 2 aromatic rings. The van der Waals surface area contributed by atoms with E-state index in [9.17, 15) is 0 Å². The fraction of sp³-hybridized carbons (Fsp3) is 0.524. The average molecular weight is 306 g/mol. The first-order chi connectivity index (χ1) is 11.3. The third-order valence-electron chi connectivity index (χ3n) is 6.50. The molecule has 0 N–H and O–H groups in total. The summed E-state index contributed by atoms with van der Waals surface area (Å²) in [6, 6.07) is 11.0. The molecular formula is C21H26N2. The molecule has 23 heavy (non-hydrogen) atoms. The molecule has 1 aromatic heterocycles. The fourth-order valence-electron chi connectivity index (χ4n) is 5.02. The number of aromatic nitrogens is 2. The molecule has 3 aliphatic rings. The van der Waals surface area contributed by atoms with E-state index in [0.717, 1.165) is 11.4 Å². The SMILES string of the molecule is CCCC12CCC(c3ccc(-c4ncccn4)cc3)(CC1)CC2. The standard InChI is InChI=1S/C21H26N2/c1-2-8-20-9-12-21(13-10-20,14-11-20)18-6-4-17(5-7-18)19-22-15-3-16-23-19/h3-7,15-16H,2,8-14H2,1H3. The normalized spacial score (nSPS) is 29.6. The van der Waals surface area contributed by atoms with Gasteiger partial charge in [-0.3, -0.25) is 0 Å². The average Bonchev–Trinajstić information content (AvgIpc) is 2.64. The van der Waals surface area contributed by atoms with Gasteiger partial charge in [0.25, 0.3) is 0 Å². The third kappa shape index (κ3) is 2.58. The summed E-state index contributed by atoms with van der Waals surface area (Å²) in [5.74, 6) is 0.825. The quantitative estimate of drug-likeness (QED) is 0.741. The number of nitrogens with zero attached hydrogens (tertiary/aromatic N) is 2. The second kappa shape index (κ2) is 5.74. The summed E-state index contributed by atoms with van der Waals surface area (Å²) in [4.78, 5) is 8.71. The van der Waals surface area contributed by atoms with Gasteiger partial charge in [0.2, 0.25) is 0 Å². The zero-order chi connectivity index (χ0) is 15.8. The molecule has 2 bridgehead atoms. The first kappa shape index (κ1) is 14.9. The largest absolute Gasteiger partial charge is 0.237 e. The summed E-state index contributed by atoms with van der Waals surface area (Å²) in [5, 5.41) is 0. The maximum absolute atomic E-state index is 4.35. The fourth-order valence-corrected chi connectivity index (χ4v) is 5.02. The molecule has 0 saturated heterocycles. The maximum Gasteiger partial charge on any atom is 0.159 e. The zero-order valence-electron chi connectivity index (χ0n) is 14.1. The van der Waals surface area contributed by atoms with E-state index in [1.54, 1.807) is 5.56 Å². The number of hydrogen-bond donors (Lipinski definition) is 0. The van der Waals surface area contributed by atoms with Crippen molar-refractivity contribution in [2.45, 2.75) is 63.7 Å². The van der Waals surface area contributed by atoms with Crippen LogP contribution in [-0.4, -0.2) is 9.97 Å². The van der Waals surface area contributed by atoms with Crippen molar-refractivity contribution >= 4 is 0 Å². The highest BCUT2D eigenvalue weighted by Gasteiger charge is 2.48. The predicted molar refractivity (Wildman–Crippen MR) is 94.2 cm³/mol. The van der Waals surface area contributed by atoms with Crippen molar-refractivity contribution in [3.05, 3.63) is 48.3 Å². The van der Waals surface area contributed by atoms with Crippen LogP contribution in [0.1, 0.15) is 63.9 Å². The minimum atomic E-state index is 0.450. The van der Waals surface area contributed by atoms with Gasteiger partial charge < -0.3 is 0 Å². The zero-order valence-corrected chi connectivity index (χ0v) is 14.1. The first-order valence-corrected chi connectivity index (χ1v) is 9.13. The Kier molecular flexibility index (Phi) is 3.71. The topological polar surface area (TPSA) is 25.8 Å². The highest BCUT2D eigenvalue weighted by Crippen LogP contribution is 2.59. The van der Waals surface area contributed by atoms with E-state index in [2.05, 4.69) is 41.2 Å². The Labute approximate surface area is 139 Å². The van der Waals surface area contributed by atoms with E-state index < -0.39 is 0 Å². The molecule has 1 aromatic carbocycles. The van der Waals surface area contributed by atoms with E-state index in [1.165, 1.54) is 51.4 Å². The lowest BCUT2D eigenvalue weighted by Gasteiger charge is -2.54. The van der Waals surface area contributed by atoms with Crippen LogP contribution in [0.25, 0.3) is 11.4 Å². The molecule has 1 heterocycles. The second-order valence-corrected chi connectivity index (χ2v) is 7.68. The summed E-state index contributed by atoms with van der Waals surface area (Å²) < 4.78 is 0. The molecule has 2 heteroatoms. The van der Waals surface area contributed by atoms with Gasteiger partial charge in [0.1, 0.15) is 0 Å². The molecule has 0 radical (unpaired) electrons. The smallest absolute Gasteiger partial charge is 0.159 e. The maximum atomic E-state index is 4.35. The van der Waals surface area contributed by atoms with Gasteiger partial charge in [-0.05, 0) is 67.4 Å². The van der Waals surface area contributed by atoms with Crippen LogP contribution < -0.4 is 0 Å².